The molecule has 0 unspecified atom stereocenters. The molecule has 0 aromatic heterocycles. The van der Waals surface area contributed by atoms with Crippen LogP contribution in [0.25, 0.3) is 0 Å². The minimum Gasteiger partial charge on any atom is -0.381 e. The van der Waals surface area contributed by atoms with Gasteiger partial charge in [-0.3, -0.25) is 9.59 Å². The lowest BCUT2D eigenvalue weighted by atomic mass is 9.82. The summed E-state index contributed by atoms with van der Waals surface area (Å²) in [5, 5.41) is 6.27. The highest BCUT2D eigenvalue weighted by atomic mass is 16.1. The second-order valence-corrected chi connectivity index (χ2v) is 5.45. The Morgan fingerprint density at radius 3 is 1.54 bits per heavy atom. The van der Waals surface area contributed by atoms with E-state index < -0.39 is 0 Å². The number of fused-ring (bicyclic) bond motifs is 2. The van der Waals surface area contributed by atoms with Crippen LogP contribution < -0.4 is 10.6 Å². The first-order chi connectivity index (χ1) is 11.7. The van der Waals surface area contributed by atoms with Crippen molar-refractivity contribution in [3.05, 3.63) is 84.0 Å². The van der Waals surface area contributed by atoms with Gasteiger partial charge in [-0.1, -0.05) is 36.4 Å². The molecule has 0 radical (unpaired) electrons. The summed E-state index contributed by atoms with van der Waals surface area (Å²) in [7, 11) is 0. The number of nitrogens with one attached hydrogen (secondary N) is 2. The summed E-state index contributed by atoms with van der Waals surface area (Å²) in [4.78, 5) is 26.0. The Hall–Kier alpha value is -3.14. The van der Waals surface area contributed by atoms with Crippen molar-refractivity contribution < 1.29 is 9.59 Å². The van der Waals surface area contributed by atoms with Gasteiger partial charge in [-0.05, 0) is 12.1 Å². The second-order valence-electron chi connectivity index (χ2n) is 5.45. The number of rotatable bonds is 6. The van der Waals surface area contributed by atoms with Crippen LogP contribution in [-0.2, 0) is 0 Å². The Bertz CT molecular complexity index is 781. The van der Waals surface area contributed by atoms with E-state index in [4.69, 9.17) is 0 Å². The van der Waals surface area contributed by atoms with Gasteiger partial charge in [0.05, 0.1) is 11.1 Å². The van der Waals surface area contributed by atoms with Gasteiger partial charge in [0, 0.05) is 35.6 Å². The number of hydrogen-bond donors (Lipinski definition) is 2. The van der Waals surface area contributed by atoms with Crippen LogP contribution >= 0.6 is 0 Å². The van der Waals surface area contributed by atoms with Crippen molar-refractivity contribution in [2.24, 2.45) is 0 Å². The maximum Gasteiger partial charge on any atom is 0.196 e. The second kappa shape index (κ2) is 6.54. The number of anilines is 2. The fourth-order valence-corrected chi connectivity index (χ4v) is 2.90. The smallest absolute Gasteiger partial charge is 0.196 e. The van der Waals surface area contributed by atoms with E-state index in [0.717, 1.165) is 0 Å². The number of carbonyl (C=O) groups is 2. The Morgan fingerprint density at radius 2 is 1.17 bits per heavy atom. The van der Waals surface area contributed by atoms with Gasteiger partial charge in [-0.25, -0.2) is 0 Å². The quantitative estimate of drug-likeness (QED) is 0.681. The maximum absolute atomic E-state index is 13.0. The van der Waals surface area contributed by atoms with Crippen LogP contribution in [0, 0.1) is 0 Å². The first-order valence-electron chi connectivity index (χ1n) is 7.74. The van der Waals surface area contributed by atoms with Crippen LogP contribution in [0.4, 0.5) is 11.4 Å². The minimum absolute atomic E-state index is 0.144. The van der Waals surface area contributed by atoms with Crippen molar-refractivity contribution in [2.45, 2.75) is 0 Å². The fraction of sp³-hybridized carbons (Fsp3) is 0.100. The first-order valence-corrected chi connectivity index (χ1v) is 7.74. The SMILES string of the molecule is C=CCNc1cccc2c1C(=O)c1cccc(NCC=C)c1C2=O. The van der Waals surface area contributed by atoms with Gasteiger partial charge in [-0.2, -0.15) is 0 Å². The normalized spacial score (nSPS) is 12.2. The molecule has 4 nitrogen and oxygen atoms in total. The summed E-state index contributed by atoms with van der Waals surface area (Å²) < 4.78 is 0. The molecule has 3 rings (SSSR count). The standard InChI is InChI=1S/C20H18N2O2/c1-3-11-21-15-9-5-7-13-17(15)19(23)14-8-6-10-16(22-12-4-2)18(14)20(13)24/h3-10,21-22H,1-2,11-12H2. The molecule has 1 aliphatic carbocycles. The van der Waals surface area contributed by atoms with Gasteiger partial charge in [0.25, 0.3) is 0 Å². The zero-order chi connectivity index (χ0) is 17.1. The van der Waals surface area contributed by atoms with Crippen molar-refractivity contribution in [1.29, 1.82) is 0 Å². The molecular weight excluding hydrogens is 300 g/mol. The first kappa shape index (κ1) is 15.7. The van der Waals surface area contributed by atoms with Crippen molar-refractivity contribution in [1.82, 2.24) is 0 Å². The third-order valence-electron chi connectivity index (χ3n) is 3.95. The molecule has 4 heteroatoms. The molecule has 0 saturated carbocycles. The van der Waals surface area contributed by atoms with Crippen LogP contribution in [0.15, 0.2) is 61.7 Å². The fourth-order valence-electron chi connectivity index (χ4n) is 2.90. The predicted octanol–water partition coefficient (Wildman–Crippen LogP) is 3.66. The molecule has 0 heterocycles. The molecule has 0 saturated heterocycles. The third kappa shape index (κ3) is 2.52. The lowest BCUT2D eigenvalue weighted by Gasteiger charge is -2.22. The van der Waals surface area contributed by atoms with Crippen LogP contribution in [0.2, 0.25) is 0 Å². The summed E-state index contributed by atoms with van der Waals surface area (Å²) in [6.07, 6.45) is 3.42. The van der Waals surface area contributed by atoms with Crippen molar-refractivity contribution in [2.75, 3.05) is 23.7 Å². The summed E-state index contributed by atoms with van der Waals surface area (Å²) in [5.74, 6) is -0.289. The van der Waals surface area contributed by atoms with Crippen molar-refractivity contribution in [3.63, 3.8) is 0 Å². The summed E-state index contributed by atoms with van der Waals surface area (Å²) in [6, 6.07) is 10.6. The van der Waals surface area contributed by atoms with Gasteiger partial charge in [-0.15, -0.1) is 13.2 Å². The van der Waals surface area contributed by atoms with E-state index in [0.29, 0.717) is 46.7 Å². The predicted molar refractivity (Wildman–Crippen MR) is 97.1 cm³/mol. The van der Waals surface area contributed by atoms with Crippen molar-refractivity contribution >= 4 is 22.9 Å². The lowest BCUT2D eigenvalue weighted by Crippen LogP contribution is -2.24. The number of ketones is 2. The molecule has 24 heavy (non-hydrogen) atoms. The van der Waals surface area contributed by atoms with Gasteiger partial charge in [0.1, 0.15) is 0 Å². The van der Waals surface area contributed by atoms with Crippen LogP contribution in [-0.4, -0.2) is 24.7 Å². The third-order valence-corrected chi connectivity index (χ3v) is 3.95. The van der Waals surface area contributed by atoms with Gasteiger partial charge in [0.15, 0.2) is 11.6 Å². The van der Waals surface area contributed by atoms with E-state index in [9.17, 15) is 9.59 Å². The highest BCUT2D eigenvalue weighted by molar-refractivity contribution is 6.31. The van der Waals surface area contributed by atoms with E-state index >= 15 is 0 Å². The number of carbonyl (C=O) groups excluding carboxylic acids is 2. The van der Waals surface area contributed by atoms with E-state index in [1.165, 1.54) is 0 Å². The van der Waals surface area contributed by atoms with E-state index in [1.807, 2.05) is 0 Å². The Labute approximate surface area is 140 Å². The Morgan fingerprint density at radius 1 is 0.750 bits per heavy atom. The maximum atomic E-state index is 13.0. The summed E-state index contributed by atoms with van der Waals surface area (Å²) in [5.41, 5.74) is 3.01. The highest BCUT2D eigenvalue weighted by Crippen LogP contribution is 2.35. The average molecular weight is 318 g/mol. The molecule has 120 valence electrons. The van der Waals surface area contributed by atoms with Gasteiger partial charge in [0.2, 0.25) is 0 Å². The van der Waals surface area contributed by atoms with E-state index in [-0.39, 0.29) is 11.6 Å². The van der Waals surface area contributed by atoms with E-state index in [1.54, 1.807) is 48.6 Å². The average Bonchev–Trinajstić information content (AvgIpc) is 2.62. The molecule has 0 fully saturated rings. The zero-order valence-corrected chi connectivity index (χ0v) is 13.3. The Balaban J connectivity index is 2.15. The lowest BCUT2D eigenvalue weighted by molar-refractivity contribution is 0.0980. The molecule has 1 aliphatic rings. The number of benzene rings is 2. The molecule has 0 aliphatic heterocycles. The molecule has 2 N–H and O–H groups in total. The van der Waals surface area contributed by atoms with Crippen LogP contribution in [0.1, 0.15) is 31.8 Å². The van der Waals surface area contributed by atoms with Gasteiger partial charge < -0.3 is 10.6 Å². The van der Waals surface area contributed by atoms with E-state index in [2.05, 4.69) is 23.8 Å². The monoisotopic (exact) mass is 318 g/mol. The van der Waals surface area contributed by atoms with Crippen LogP contribution in [0.5, 0.6) is 0 Å². The van der Waals surface area contributed by atoms with Crippen molar-refractivity contribution in [3.8, 4) is 0 Å². The molecule has 2 aromatic carbocycles. The molecule has 0 atom stereocenters. The summed E-state index contributed by atoms with van der Waals surface area (Å²) >= 11 is 0. The number of hydrogen-bond acceptors (Lipinski definition) is 4. The molecule has 0 spiro atoms. The zero-order valence-electron chi connectivity index (χ0n) is 13.3. The Kier molecular flexibility index (Phi) is 4.29. The van der Waals surface area contributed by atoms with Crippen LogP contribution in [0.3, 0.4) is 0 Å². The molecule has 0 bridgehead atoms. The minimum atomic E-state index is -0.144. The topological polar surface area (TPSA) is 58.2 Å². The molecular formula is C20H18N2O2. The van der Waals surface area contributed by atoms with Gasteiger partial charge >= 0.3 is 0 Å². The largest absolute Gasteiger partial charge is 0.381 e. The highest BCUT2D eigenvalue weighted by Gasteiger charge is 2.33. The molecule has 2 aromatic rings. The summed E-state index contributed by atoms with van der Waals surface area (Å²) in [6.45, 7) is 8.37. The molecule has 0 amide bonds.